The zero-order valence-electron chi connectivity index (χ0n) is 9.77. The van der Waals surface area contributed by atoms with Gasteiger partial charge in [0.15, 0.2) is 5.78 Å². The van der Waals surface area contributed by atoms with E-state index in [0.29, 0.717) is 12.3 Å². The minimum absolute atomic E-state index is 0.0108. The molecule has 0 aromatic rings. The third-order valence-electron chi connectivity index (χ3n) is 2.67. The molecule has 2 unspecified atom stereocenters. The number of unbranched alkanes of at least 4 members (excludes halogenated alkanes) is 1. The smallest absolute Gasteiger partial charge is 0.153 e. The molecule has 4 N–H and O–H groups in total. The first-order chi connectivity index (χ1) is 7.67. The zero-order valence-corrected chi connectivity index (χ0v) is 11.6. The van der Waals surface area contributed by atoms with E-state index in [1.54, 1.807) is 0 Å². The second-order valence-corrected chi connectivity index (χ2v) is 4.85. The summed E-state index contributed by atoms with van der Waals surface area (Å²) in [6, 6.07) is -0.344. The zero-order chi connectivity index (χ0) is 12.4. The first-order valence-electron chi connectivity index (χ1n) is 5.88. The lowest BCUT2D eigenvalue weighted by Crippen LogP contribution is -2.36. The molecular weight excluding hydrogens is 240 g/mol. The average molecular weight is 264 g/mol. The normalized spacial score (nSPS) is 14.8. The summed E-state index contributed by atoms with van der Waals surface area (Å²) >= 11 is 8.35. The molecule has 16 heavy (non-hydrogen) atoms. The van der Waals surface area contributed by atoms with Crippen LogP contribution in [0, 0.1) is 5.92 Å². The van der Waals surface area contributed by atoms with Gasteiger partial charge in [0.25, 0.3) is 0 Å². The Morgan fingerprint density at radius 2 is 1.81 bits per heavy atom. The van der Waals surface area contributed by atoms with Crippen molar-refractivity contribution in [1.29, 1.82) is 0 Å². The Morgan fingerprint density at radius 1 is 1.12 bits per heavy atom. The molecule has 0 aromatic carbocycles. The molecule has 96 valence electrons. The van der Waals surface area contributed by atoms with Crippen LogP contribution in [-0.4, -0.2) is 29.9 Å². The lowest BCUT2D eigenvalue weighted by atomic mass is 9.93. The van der Waals surface area contributed by atoms with Crippen LogP contribution in [0.25, 0.3) is 0 Å². The highest BCUT2D eigenvalue weighted by Gasteiger charge is 2.22. The maximum atomic E-state index is 11.9. The highest BCUT2D eigenvalue weighted by atomic mass is 32.1. The highest BCUT2D eigenvalue weighted by Crippen LogP contribution is 2.14. The summed E-state index contributed by atoms with van der Waals surface area (Å²) in [6.45, 7) is 0.663. The maximum Gasteiger partial charge on any atom is 0.153 e. The van der Waals surface area contributed by atoms with Gasteiger partial charge in [-0.25, -0.2) is 0 Å². The van der Waals surface area contributed by atoms with Crippen molar-refractivity contribution in [2.24, 2.45) is 17.4 Å². The van der Waals surface area contributed by atoms with E-state index in [2.05, 4.69) is 25.3 Å². The van der Waals surface area contributed by atoms with Crippen LogP contribution in [0.4, 0.5) is 0 Å². The van der Waals surface area contributed by atoms with E-state index in [0.717, 1.165) is 37.9 Å². The van der Waals surface area contributed by atoms with Crippen molar-refractivity contribution in [2.45, 2.75) is 38.1 Å². The molecule has 0 radical (unpaired) electrons. The van der Waals surface area contributed by atoms with Crippen LogP contribution in [0.2, 0.25) is 0 Å². The van der Waals surface area contributed by atoms with Crippen molar-refractivity contribution in [3.05, 3.63) is 0 Å². The fraction of sp³-hybridized carbons (Fsp3) is 0.909. The molecule has 0 rings (SSSR count). The van der Waals surface area contributed by atoms with Gasteiger partial charge in [-0.1, -0.05) is 6.42 Å². The molecule has 0 aliphatic carbocycles. The quantitative estimate of drug-likeness (QED) is 0.355. The molecule has 5 heteroatoms. The molecule has 0 fully saturated rings. The fourth-order valence-electron chi connectivity index (χ4n) is 1.61. The van der Waals surface area contributed by atoms with Gasteiger partial charge >= 0.3 is 0 Å². The van der Waals surface area contributed by atoms with Crippen LogP contribution in [0.15, 0.2) is 0 Å². The van der Waals surface area contributed by atoms with Crippen molar-refractivity contribution < 1.29 is 4.79 Å². The molecular formula is C11H24N2OS2. The number of Topliss-reactive ketones (excluding diaryl/α,β-unsaturated/α-hetero) is 1. The number of rotatable bonds is 10. The fourth-order valence-corrected chi connectivity index (χ4v) is 2.16. The van der Waals surface area contributed by atoms with Crippen LogP contribution in [-0.2, 0) is 4.79 Å². The topological polar surface area (TPSA) is 69.1 Å². The highest BCUT2D eigenvalue weighted by molar-refractivity contribution is 7.80. The van der Waals surface area contributed by atoms with E-state index in [1.165, 1.54) is 0 Å². The first kappa shape index (κ1) is 16.3. The van der Waals surface area contributed by atoms with E-state index in [1.807, 2.05) is 0 Å². The Hall–Kier alpha value is 0.290. The Morgan fingerprint density at radius 3 is 2.31 bits per heavy atom. The predicted octanol–water partition coefficient (Wildman–Crippen LogP) is 1.27. The van der Waals surface area contributed by atoms with Crippen molar-refractivity contribution in [3.8, 4) is 0 Å². The third-order valence-corrected chi connectivity index (χ3v) is 3.43. The van der Waals surface area contributed by atoms with Gasteiger partial charge in [0, 0.05) is 11.7 Å². The lowest BCUT2D eigenvalue weighted by molar-refractivity contribution is -0.123. The number of carbonyl (C=O) groups excluding carboxylic acids is 1. The molecule has 0 saturated heterocycles. The van der Waals surface area contributed by atoms with E-state index >= 15 is 0 Å². The Kier molecular flexibility index (Phi) is 10.6. The standard InChI is InChI=1S/C11H24N2OS2/c12-6-2-1-5-10(13)11(14)9(8-16)4-3-7-15/h9-10,15-16H,1-8,12-13H2. The van der Waals surface area contributed by atoms with Crippen molar-refractivity contribution in [3.63, 3.8) is 0 Å². The number of carbonyl (C=O) groups is 1. The molecule has 0 bridgehead atoms. The van der Waals surface area contributed by atoms with Crippen molar-refractivity contribution in [1.82, 2.24) is 0 Å². The molecule has 0 amide bonds. The van der Waals surface area contributed by atoms with Crippen LogP contribution >= 0.6 is 25.3 Å². The van der Waals surface area contributed by atoms with Crippen LogP contribution in [0.5, 0.6) is 0 Å². The molecule has 0 spiro atoms. The van der Waals surface area contributed by atoms with Crippen LogP contribution in [0.1, 0.15) is 32.1 Å². The summed E-state index contributed by atoms with van der Waals surface area (Å²) < 4.78 is 0. The summed E-state index contributed by atoms with van der Waals surface area (Å²) in [7, 11) is 0. The first-order valence-corrected chi connectivity index (χ1v) is 7.15. The van der Waals surface area contributed by atoms with E-state index in [9.17, 15) is 4.79 Å². The Balaban J connectivity index is 3.95. The van der Waals surface area contributed by atoms with Gasteiger partial charge in [-0.05, 0) is 38.0 Å². The van der Waals surface area contributed by atoms with Crippen LogP contribution in [0.3, 0.4) is 0 Å². The van der Waals surface area contributed by atoms with Crippen molar-refractivity contribution >= 4 is 31.0 Å². The predicted molar refractivity (Wildman–Crippen MR) is 76.3 cm³/mol. The number of ketones is 1. The van der Waals surface area contributed by atoms with E-state index in [-0.39, 0.29) is 17.7 Å². The van der Waals surface area contributed by atoms with Gasteiger partial charge in [0.1, 0.15) is 0 Å². The minimum Gasteiger partial charge on any atom is -0.330 e. The van der Waals surface area contributed by atoms with Gasteiger partial charge in [-0.3, -0.25) is 4.79 Å². The molecule has 0 saturated carbocycles. The van der Waals surface area contributed by atoms with Gasteiger partial charge in [0.05, 0.1) is 6.04 Å². The van der Waals surface area contributed by atoms with Crippen molar-refractivity contribution in [2.75, 3.05) is 18.1 Å². The lowest BCUT2D eigenvalue weighted by Gasteiger charge is -2.17. The monoisotopic (exact) mass is 264 g/mol. The summed E-state index contributed by atoms with van der Waals surface area (Å²) in [4.78, 5) is 11.9. The molecule has 0 aliphatic heterocycles. The SMILES string of the molecule is NCCCCC(N)C(=O)C(CS)CCCS. The molecule has 0 aromatic heterocycles. The van der Waals surface area contributed by atoms with E-state index < -0.39 is 0 Å². The summed E-state index contributed by atoms with van der Waals surface area (Å²) in [5.74, 6) is 1.52. The number of thiol groups is 2. The number of nitrogens with two attached hydrogens (primary N) is 2. The molecule has 0 heterocycles. The van der Waals surface area contributed by atoms with Gasteiger partial charge in [0.2, 0.25) is 0 Å². The summed E-state index contributed by atoms with van der Waals surface area (Å²) in [5.41, 5.74) is 11.3. The second kappa shape index (κ2) is 10.4. The van der Waals surface area contributed by atoms with Gasteiger partial charge in [-0.15, -0.1) is 0 Å². The second-order valence-electron chi connectivity index (χ2n) is 4.04. The molecule has 3 nitrogen and oxygen atoms in total. The summed E-state index contributed by atoms with van der Waals surface area (Å²) in [6.07, 6.45) is 4.38. The molecule has 0 aliphatic rings. The average Bonchev–Trinajstić information content (AvgIpc) is 2.30. The Labute approximate surface area is 110 Å². The third kappa shape index (κ3) is 6.78. The van der Waals surface area contributed by atoms with Gasteiger partial charge < -0.3 is 11.5 Å². The largest absolute Gasteiger partial charge is 0.330 e. The van der Waals surface area contributed by atoms with Gasteiger partial charge in [-0.2, -0.15) is 25.3 Å². The van der Waals surface area contributed by atoms with Crippen LogP contribution < -0.4 is 11.5 Å². The number of hydrogen-bond donors (Lipinski definition) is 4. The molecule has 2 atom stereocenters. The summed E-state index contributed by atoms with van der Waals surface area (Å²) in [5, 5.41) is 0. The minimum atomic E-state index is -0.344. The maximum absolute atomic E-state index is 11.9. The number of hydrogen-bond acceptors (Lipinski definition) is 5. The Bertz CT molecular complexity index is 191. The van der Waals surface area contributed by atoms with E-state index in [4.69, 9.17) is 11.5 Å².